The van der Waals surface area contributed by atoms with Gasteiger partial charge in [-0.25, -0.2) is 0 Å². The van der Waals surface area contributed by atoms with Gasteiger partial charge in [-0.15, -0.1) is 0 Å². The first-order valence-electron chi connectivity index (χ1n) is 5.52. The molecule has 3 N–H and O–H groups in total. The lowest BCUT2D eigenvalue weighted by Crippen LogP contribution is -2.21. The molecule has 0 fully saturated rings. The van der Waals surface area contributed by atoms with E-state index in [0.29, 0.717) is 23.9 Å². The molecule has 0 aliphatic heterocycles. The third-order valence-corrected chi connectivity index (χ3v) is 2.74. The van der Waals surface area contributed by atoms with Crippen LogP contribution >= 0.6 is 11.6 Å². The summed E-state index contributed by atoms with van der Waals surface area (Å²) in [4.78, 5) is 2.08. The molecule has 0 spiro atoms. The van der Waals surface area contributed by atoms with Gasteiger partial charge in [-0.3, -0.25) is 0 Å². The number of halogens is 1. The van der Waals surface area contributed by atoms with Crippen molar-refractivity contribution < 1.29 is 9.84 Å². The molecule has 0 amide bonds. The van der Waals surface area contributed by atoms with Crippen LogP contribution < -0.4 is 10.5 Å². The second-order valence-electron chi connectivity index (χ2n) is 4.00. The first-order valence-corrected chi connectivity index (χ1v) is 5.90. The Kier molecular flexibility index (Phi) is 5.55. The van der Waals surface area contributed by atoms with Crippen molar-refractivity contribution in [3.05, 3.63) is 22.7 Å². The summed E-state index contributed by atoms with van der Waals surface area (Å²) in [6, 6.07) is 3.35. The quantitative estimate of drug-likeness (QED) is 0.817. The second-order valence-corrected chi connectivity index (χ2v) is 4.43. The number of hydrogen-bond donors (Lipinski definition) is 2. The van der Waals surface area contributed by atoms with Crippen LogP contribution in [0.2, 0.25) is 5.02 Å². The monoisotopic (exact) mass is 258 g/mol. The lowest BCUT2D eigenvalue weighted by Gasteiger charge is -2.18. The molecule has 5 heteroatoms. The predicted molar refractivity (Wildman–Crippen MR) is 69.7 cm³/mol. The molecule has 0 saturated carbocycles. The topological polar surface area (TPSA) is 58.7 Å². The van der Waals surface area contributed by atoms with Gasteiger partial charge in [-0.1, -0.05) is 11.6 Å². The van der Waals surface area contributed by atoms with Crippen LogP contribution in [0.1, 0.15) is 12.0 Å². The molecule has 0 bridgehead atoms. The average Bonchev–Trinajstić information content (AvgIpc) is 2.30. The maximum absolute atomic E-state index is 9.95. The van der Waals surface area contributed by atoms with Crippen molar-refractivity contribution >= 4 is 11.6 Å². The molecule has 0 aliphatic carbocycles. The molecular formula is C12H19ClN2O2. The number of rotatable bonds is 6. The van der Waals surface area contributed by atoms with Crippen molar-refractivity contribution in [2.24, 2.45) is 5.73 Å². The Morgan fingerprint density at radius 2 is 2.18 bits per heavy atom. The van der Waals surface area contributed by atoms with Crippen LogP contribution in [0.3, 0.4) is 0 Å². The van der Waals surface area contributed by atoms with Crippen LogP contribution in [0.15, 0.2) is 12.1 Å². The summed E-state index contributed by atoms with van der Waals surface area (Å²) in [5.74, 6) is 0.552. The first-order chi connectivity index (χ1) is 8.08. The molecule has 0 radical (unpaired) electrons. The minimum atomic E-state index is 0.150. The van der Waals surface area contributed by atoms with E-state index in [0.717, 1.165) is 18.5 Å². The summed E-state index contributed by atoms with van der Waals surface area (Å²) in [7, 11) is 3.48. The van der Waals surface area contributed by atoms with Gasteiger partial charge in [-0.2, -0.15) is 0 Å². The fourth-order valence-corrected chi connectivity index (χ4v) is 1.87. The van der Waals surface area contributed by atoms with E-state index in [9.17, 15) is 5.11 Å². The van der Waals surface area contributed by atoms with Gasteiger partial charge < -0.3 is 20.5 Å². The van der Waals surface area contributed by atoms with Crippen LogP contribution in [0.5, 0.6) is 11.5 Å². The Bertz CT molecular complexity index is 372. The van der Waals surface area contributed by atoms with Gasteiger partial charge in [0.1, 0.15) is 0 Å². The number of methoxy groups -OCH3 is 1. The molecule has 0 heterocycles. The van der Waals surface area contributed by atoms with E-state index < -0.39 is 0 Å². The molecule has 0 saturated heterocycles. The lowest BCUT2D eigenvalue weighted by molar-refractivity contribution is 0.312. The van der Waals surface area contributed by atoms with E-state index in [-0.39, 0.29) is 5.75 Å². The van der Waals surface area contributed by atoms with Gasteiger partial charge in [0.15, 0.2) is 11.5 Å². The van der Waals surface area contributed by atoms with E-state index in [2.05, 4.69) is 4.90 Å². The zero-order valence-corrected chi connectivity index (χ0v) is 11.0. The third kappa shape index (κ3) is 4.07. The van der Waals surface area contributed by atoms with Gasteiger partial charge in [0.05, 0.1) is 7.11 Å². The summed E-state index contributed by atoms with van der Waals surface area (Å²) in [5, 5.41) is 10.5. The maximum Gasteiger partial charge on any atom is 0.162 e. The largest absolute Gasteiger partial charge is 0.504 e. The number of nitrogens with two attached hydrogens (primary N) is 1. The minimum Gasteiger partial charge on any atom is -0.504 e. The van der Waals surface area contributed by atoms with Gasteiger partial charge >= 0.3 is 0 Å². The van der Waals surface area contributed by atoms with E-state index in [1.807, 2.05) is 7.05 Å². The number of phenolic OH excluding ortho intramolecular Hbond substituents is 1. The molecule has 96 valence electrons. The van der Waals surface area contributed by atoms with E-state index in [1.54, 1.807) is 12.1 Å². The molecule has 1 aromatic rings. The molecular weight excluding hydrogens is 240 g/mol. The molecule has 0 aromatic heterocycles. The van der Waals surface area contributed by atoms with E-state index in [4.69, 9.17) is 22.1 Å². The third-order valence-electron chi connectivity index (χ3n) is 2.52. The SMILES string of the molecule is COc1cc(Cl)cc(CN(C)CCCN)c1O. The Balaban J connectivity index is 2.79. The second kappa shape index (κ2) is 6.69. The highest BCUT2D eigenvalue weighted by Gasteiger charge is 2.11. The van der Waals surface area contributed by atoms with Crippen LogP contribution in [-0.2, 0) is 6.54 Å². The predicted octanol–water partition coefficient (Wildman–Crippen LogP) is 1.83. The average molecular weight is 259 g/mol. The van der Waals surface area contributed by atoms with Crippen LogP contribution in [-0.4, -0.2) is 37.3 Å². The fourth-order valence-electron chi connectivity index (χ4n) is 1.64. The lowest BCUT2D eigenvalue weighted by atomic mass is 10.1. The maximum atomic E-state index is 9.95. The molecule has 4 nitrogen and oxygen atoms in total. The number of aromatic hydroxyl groups is 1. The number of ether oxygens (including phenoxy) is 1. The van der Waals surface area contributed by atoms with Crippen LogP contribution in [0, 0.1) is 0 Å². The summed E-state index contributed by atoms with van der Waals surface area (Å²) < 4.78 is 5.06. The molecule has 17 heavy (non-hydrogen) atoms. The Morgan fingerprint density at radius 3 is 2.76 bits per heavy atom. The van der Waals surface area contributed by atoms with Crippen molar-refractivity contribution in [1.82, 2.24) is 4.90 Å². The summed E-state index contributed by atoms with van der Waals surface area (Å²) in [6.07, 6.45) is 0.926. The normalized spacial score (nSPS) is 10.9. The number of phenols is 1. The number of nitrogens with zero attached hydrogens (tertiary/aromatic N) is 1. The highest BCUT2D eigenvalue weighted by molar-refractivity contribution is 6.30. The minimum absolute atomic E-state index is 0.150. The highest BCUT2D eigenvalue weighted by Crippen LogP contribution is 2.33. The van der Waals surface area contributed by atoms with Crippen molar-refractivity contribution in [3.8, 4) is 11.5 Å². The fraction of sp³-hybridized carbons (Fsp3) is 0.500. The summed E-state index contributed by atoms with van der Waals surface area (Å²) in [6.45, 7) is 2.16. The van der Waals surface area contributed by atoms with Crippen LogP contribution in [0.4, 0.5) is 0 Å². The zero-order valence-electron chi connectivity index (χ0n) is 10.2. The van der Waals surface area contributed by atoms with E-state index in [1.165, 1.54) is 7.11 Å². The smallest absolute Gasteiger partial charge is 0.162 e. The summed E-state index contributed by atoms with van der Waals surface area (Å²) in [5.41, 5.74) is 6.21. The Labute approximate surface area is 107 Å². The number of benzene rings is 1. The zero-order chi connectivity index (χ0) is 12.8. The molecule has 1 aromatic carbocycles. The van der Waals surface area contributed by atoms with Crippen molar-refractivity contribution in [2.75, 3.05) is 27.2 Å². The first kappa shape index (κ1) is 14.1. The Morgan fingerprint density at radius 1 is 1.47 bits per heavy atom. The van der Waals surface area contributed by atoms with Gasteiger partial charge in [0.2, 0.25) is 0 Å². The van der Waals surface area contributed by atoms with Crippen molar-refractivity contribution in [2.45, 2.75) is 13.0 Å². The number of hydrogen-bond acceptors (Lipinski definition) is 4. The van der Waals surface area contributed by atoms with Gasteiger partial charge in [0.25, 0.3) is 0 Å². The van der Waals surface area contributed by atoms with Crippen LogP contribution in [0.25, 0.3) is 0 Å². The molecule has 0 atom stereocenters. The van der Waals surface area contributed by atoms with Crippen molar-refractivity contribution in [3.63, 3.8) is 0 Å². The molecule has 1 rings (SSSR count). The van der Waals surface area contributed by atoms with Crippen molar-refractivity contribution in [1.29, 1.82) is 0 Å². The standard InChI is InChI=1S/C12H19ClN2O2/c1-15(5-3-4-14)8-9-6-10(13)7-11(17-2)12(9)16/h6-7,16H,3-5,8,14H2,1-2H3. The van der Waals surface area contributed by atoms with Gasteiger partial charge in [-0.05, 0) is 32.6 Å². The molecule has 0 aliphatic rings. The molecule has 0 unspecified atom stereocenters. The Hall–Kier alpha value is -0.970. The van der Waals surface area contributed by atoms with E-state index >= 15 is 0 Å². The summed E-state index contributed by atoms with van der Waals surface area (Å²) >= 11 is 5.96. The van der Waals surface area contributed by atoms with Gasteiger partial charge in [0, 0.05) is 23.2 Å². The highest BCUT2D eigenvalue weighted by atomic mass is 35.5.